The summed E-state index contributed by atoms with van der Waals surface area (Å²) in [7, 11) is 1.61. The summed E-state index contributed by atoms with van der Waals surface area (Å²) in [6, 6.07) is 1.94. The van der Waals surface area contributed by atoms with E-state index in [-0.39, 0.29) is 5.92 Å². The van der Waals surface area contributed by atoms with Crippen LogP contribution in [0.25, 0.3) is 0 Å². The summed E-state index contributed by atoms with van der Waals surface area (Å²) in [5.41, 5.74) is 0. The maximum Gasteiger partial charge on any atom is 0.306 e. The minimum Gasteiger partial charge on any atom is -0.496 e. The average molecular weight is 214 g/mol. The maximum atomic E-state index is 10.7. The number of aliphatic carboxylic acids is 1. The van der Waals surface area contributed by atoms with Crippen molar-refractivity contribution in [2.75, 3.05) is 7.11 Å². The first-order chi connectivity index (χ1) is 6.54. The number of aryl methyl sites for hydroxylation is 1. The Morgan fingerprint density at radius 1 is 1.71 bits per heavy atom. The van der Waals surface area contributed by atoms with Crippen LogP contribution in [0, 0.1) is 12.8 Å². The number of carboxylic acid groups (broad SMARTS) is 1. The van der Waals surface area contributed by atoms with E-state index in [0.717, 1.165) is 15.5 Å². The van der Waals surface area contributed by atoms with Gasteiger partial charge in [-0.1, -0.05) is 6.92 Å². The molecule has 1 unspecified atom stereocenters. The SMILES string of the molecule is COc1cc(C)sc1CC(C)C(=O)O. The van der Waals surface area contributed by atoms with Crippen LogP contribution in [0.15, 0.2) is 6.07 Å². The molecular weight excluding hydrogens is 200 g/mol. The second-order valence-electron chi connectivity index (χ2n) is 3.29. The van der Waals surface area contributed by atoms with Gasteiger partial charge in [0.05, 0.1) is 13.0 Å². The number of rotatable bonds is 4. The lowest BCUT2D eigenvalue weighted by Crippen LogP contribution is -2.11. The molecule has 1 atom stereocenters. The fourth-order valence-corrected chi connectivity index (χ4v) is 2.35. The van der Waals surface area contributed by atoms with Gasteiger partial charge in [0.25, 0.3) is 0 Å². The Kier molecular flexibility index (Phi) is 3.52. The number of ether oxygens (including phenoxy) is 1. The third-order valence-corrected chi connectivity index (χ3v) is 3.08. The van der Waals surface area contributed by atoms with E-state index < -0.39 is 5.97 Å². The van der Waals surface area contributed by atoms with Crippen molar-refractivity contribution in [2.24, 2.45) is 5.92 Å². The molecule has 0 spiro atoms. The van der Waals surface area contributed by atoms with E-state index in [9.17, 15) is 4.79 Å². The second kappa shape index (κ2) is 4.46. The molecule has 14 heavy (non-hydrogen) atoms. The van der Waals surface area contributed by atoms with Gasteiger partial charge in [0.1, 0.15) is 5.75 Å². The van der Waals surface area contributed by atoms with Gasteiger partial charge < -0.3 is 9.84 Å². The molecule has 3 nitrogen and oxygen atoms in total. The number of methoxy groups -OCH3 is 1. The topological polar surface area (TPSA) is 46.5 Å². The monoisotopic (exact) mass is 214 g/mol. The highest BCUT2D eigenvalue weighted by Gasteiger charge is 2.16. The molecule has 0 aliphatic carbocycles. The van der Waals surface area contributed by atoms with E-state index in [2.05, 4.69) is 0 Å². The minimum absolute atomic E-state index is 0.359. The van der Waals surface area contributed by atoms with Crippen LogP contribution in [0.4, 0.5) is 0 Å². The van der Waals surface area contributed by atoms with Gasteiger partial charge in [-0.3, -0.25) is 4.79 Å². The molecule has 1 rings (SSSR count). The molecule has 0 amide bonds. The van der Waals surface area contributed by atoms with Crippen molar-refractivity contribution in [3.05, 3.63) is 15.8 Å². The third-order valence-electron chi connectivity index (χ3n) is 2.03. The molecule has 1 aromatic heterocycles. The predicted octanol–water partition coefficient (Wildman–Crippen LogP) is 2.33. The zero-order chi connectivity index (χ0) is 10.7. The molecule has 78 valence electrons. The molecule has 0 saturated heterocycles. The lowest BCUT2D eigenvalue weighted by Gasteiger charge is -2.05. The number of hydrogen-bond acceptors (Lipinski definition) is 3. The molecule has 1 heterocycles. The van der Waals surface area contributed by atoms with E-state index in [0.29, 0.717) is 6.42 Å². The van der Waals surface area contributed by atoms with Crippen LogP contribution < -0.4 is 4.74 Å². The van der Waals surface area contributed by atoms with Crippen LogP contribution in [0.3, 0.4) is 0 Å². The van der Waals surface area contributed by atoms with E-state index in [1.807, 2.05) is 13.0 Å². The number of carboxylic acids is 1. The van der Waals surface area contributed by atoms with Crippen LogP contribution in [0.2, 0.25) is 0 Å². The van der Waals surface area contributed by atoms with Crippen LogP contribution in [-0.4, -0.2) is 18.2 Å². The number of carbonyl (C=O) groups is 1. The Balaban J connectivity index is 2.79. The molecular formula is C10H14O3S. The quantitative estimate of drug-likeness (QED) is 0.836. The van der Waals surface area contributed by atoms with Crippen molar-refractivity contribution < 1.29 is 14.6 Å². The number of thiophene rings is 1. The highest BCUT2D eigenvalue weighted by molar-refractivity contribution is 7.12. The van der Waals surface area contributed by atoms with Crippen molar-refractivity contribution in [3.63, 3.8) is 0 Å². The average Bonchev–Trinajstić information content (AvgIpc) is 2.45. The van der Waals surface area contributed by atoms with Crippen LogP contribution in [-0.2, 0) is 11.2 Å². The zero-order valence-corrected chi connectivity index (χ0v) is 9.35. The fraction of sp³-hybridized carbons (Fsp3) is 0.500. The highest BCUT2D eigenvalue weighted by Crippen LogP contribution is 2.30. The van der Waals surface area contributed by atoms with Gasteiger partial charge in [-0.15, -0.1) is 11.3 Å². The summed E-state index contributed by atoms with van der Waals surface area (Å²) in [5, 5.41) is 8.78. The van der Waals surface area contributed by atoms with Gasteiger partial charge in [0, 0.05) is 9.75 Å². The lowest BCUT2D eigenvalue weighted by molar-refractivity contribution is -0.141. The van der Waals surface area contributed by atoms with Crippen LogP contribution >= 0.6 is 11.3 Å². The molecule has 0 aliphatic rings. The Labute approximate surface area is 87.3 Å². The summed E-state index contributed by atoms with van der Waals surface area (Å²) in [5.74, 6) is -0.319. The van der Waals surface area contributed by atoms with Gasteiger partial charge in [0.15, 0.2) is 0 Å². The van der Waals surface area contributed by atoms with Crippen molar-refractivity contribution in [1.82, 2.24) is 0 Å². The van der Waals surface area contributed by atoms with Crippen molar-refractivity contribution in [2.45, 2.75) is 20.3 Å². The molecule has 4 heteroatoms. The maximum absolute atomic E-state index is 10.7. The normalized spacial score (nSPS) is 12.5. The summed E-state index contributed by atoms with van der Waals surface area (Å²) in [6.45, 7) is 3.69. The molecule has 1 aromatic rings. The van der Waals surface area contributed by atoms with E-state index in [1.54, 1.807) is 25.4 Å². The standard InChI is InChI=1S/C10H14O3S/c1-6(10(11)12)4-9-8(13-3)5-7(2)14-9/h5-6H,4H2,1-3H3,(H,11,12). The highest BCUT2D eigenvalue weighted by atomic mass is 32.1. The first-order valence-corrected chi connectivity index (χ1v) is 5.22. The zero-order valence-electron chi connectivity index (χ0n) is 8.53. The first-order valence-electron chi connectivity index (χ1n) is 4.40. The van der Waals surface area contributed by atoms with E-state index in [4.69, 9.17) is 9.84 Å². The van der Waals surface area contributed by atoms with Crippen molar-refractivity contribution >= 4 is 17.3 Å². The van der Waals surface area contributed by atoms with Gasteiger partial charge in [-0.05, 0) is 19.4 Å². The molecule has 0 aliphatic heterocycles. The summed E-state index contributed by atoms with van der Waals surface area (Å²) in [6.07, 6.45) is 0.539. The Morgan fingerprint density at radius 3 is 2.86 bits per heavy atom. The second-order valence-corrected chi connectivity index (χ2v) is 4.63. The largest absolute Gasteiger partial charge is 0.496 e. The van der Waals surface area contributed by atoms with Crippen molar-refractivity contribution in [1.29, 1.82) is 0 Å². The molecule has 0 saturated carbocycles. The van der Waals surface area contributed by atoms with E-state index >= 15 is 0 Å². The Morgan fingerprint density at radius 2 is 2.36 bits per heavy atom. The van der Waals surface area contributed by atoms with Crippen molar-refractivity contribution in [3.8, 4) is 5.75 Å². The summed E-state index contributed by atoms with van der Waals surface area (Å²) < 4.78 is 5.16. The fourth-order valence-electron chi connectivity index (χ4n) is 1.22. The van der Waals surface area contributed by atoms with Crippen LogP contribution in [0.1, 0.15) is 16.7 Å². The molecule has 0 aromatic carbocycles. The lowest BCUT2D eigenvalue weighted by atomic mass is 10.1. The van der Waals surface area contributed by atoms with Gasteiger partial charge >= 0.3 is 5.97 Å². The molecule has 0 fully saturated rings. The first kappa shape index (κ1) is 11.0. The Bertz CT molecular complexity index is 330. The summed E-state index contributed by atoms with van der Waals surface area (Å²) >= 11 is 1.60. The third kappa shape index (κ3) is 2.48. The number of hydrogen-bond donors (Lipinski definition) is 1. The van der Waals surface area contributed by atoms with Gasteiger partial charge in [-0.2, -0.15) is 0 Å². The minimum atomic E-state index is -0.766. The predicted molar refractivity (Wildman–Crippen MR) is 56.1 cm³/mol. The van der Waals surface area contributed by atoms with Gasteiger partial charge in [-0.25, -0.2) is 0 Å². The molecule has 0 bridgehead atoms. The smallest absolute Gasteiger partial charge is 0.306 e. The van der Waals surface area contributed by atoms with Crippen LogP contribution in [0.5, 0.6) is 5.75 Å². The Hall–Kier alpha value is -1.03. The summed E-state index contributed by atoms with van der Waals surface area (Å²) in [4.78, 5) is 12.8. The molecule has 1 N–H and O–H groups in total. The molecule has 0 radical (unpaired) electrons. The van der Waals surface area contributed by atoms with Gasteiger partial charge in [0.2, 0.25) is 0 Å². The van der Waals surface area contributed by atoms with E-state index in [1.165, 1.54) is 0 Å².